The average molecular weight is 288 g/mol. The third kappa shape index (κ3) is 6.85. The van der Waals surface area contributed by atoms with Crippen LogP contribution in [0, 0.1) is 17.3 Å². The predicted molar refractivity (Wildman–Crippen MR) is 84.5 cm³/mol. The van der Waals surface area contributed by atoms with Gasteiger partial charge in [0.2, 0.25) is 0 Å². The summed E-state index contributed by atoms with van der Waals surface area (Å²) in [5.74, 6) is 5.43. The van der Waals surface area contributed by atoms with Gasteiger partial charge < -0.3 is 9.84 Å². The summed E-state index contributed by atoms with van der Waals surface area (Å²) in [5.41, 5.74) is 1.17. The molecule has 1 N–H and O–H groups in total. The third-order valence-electron chi connectivity index (χ3n) is 3.10. The van der Waals surface area contributed by atoms with Crippen LogP contribution in [0.15, 0.2) is 24.3 Å². The van der Waals surface area contributed by atoms with E-state index in [0.29, 0.717) is 6.61 Å². The van der Waals surface area contributed by atoms with Gasteiger partial charge in [0.25, 0.3) is 0 Å². The number of carbonyl (C=O) groups is 1. The van der Waals surface area contributed by atoms with Gasteiger partial charge in [0, 0.05) is 0 Å². The van der Waals surface area contributed by atoms with Gasteiger partial charge in [-0.05, 0) is 36.5 Å². The first-order valence-electron chi connectivity index (χ1n) is 7.18. The summed E-state index contributed by atoms with van der Waals surface area (Å²) in [6.07, 6.45) is 1.00. The van der Waals surface area contributed by atoms with E-state index in [-0.39, 0.29) is 17.8 Å². The van der Waals surface area contributed by atoms with Crippen LogP contribution in [0.3, 0.4) is 0 Å². The molecule has 3 heteroatoms. The minimum absolute atomic E-state index is 0.0189. The van der Waals surface area contributed by atoms with Crippen molar-refractivity contribution < 1.29 is 14.6 Å². The van der Waals surface area contributed by atoms with Crippen LogP contribution in [-0.2, 0) is 4.79 Å². The molecule has 0 saturated heterocycles. The van der Waals surface area contributed by atoms with Gasteiger partial charge in [0.05, 0.1) is 18.9 Å². The molecule has 0 amide bonds. The van der Waals surface area contributed by atoms with E-state index >= 15 is 0 Å². The van der Waals surface area contributed by atoms with Crippen LogP contribution in [0.25, 0.3) is 0 Å². The van der Waals surface area contributed by atoms with Crippen LogP contribution < -0.4 is 4.74 Å². The highest BCUT2D eigenvalue weighted by Gasteiger charge is 2.13. The number of aliphatic carboxylic acids is 1. The van der Waals surface area contributed by atoms with Crippen LogP contribution in [0.4, 0.5) is 0 Å². The molecule has 3 nitrogen and oxygen atoms in total. The van der Waals surface area contributed by atoms with Crippen molar-refractivity contribution in [1.82, 2.24) is 0 Å². The normalized spacial score (nSPS) is 12.2. The molecule has 0 spiro atoms. The highest BCUT2D eigenvalue weighted by atomic mass is 16.5. The molecule has 0 heterocycles. The van der Waals surface area contributed by atoms with Crippen molar-refractivity contribution >= 4 is 5.97 Å². The van der Waals surface area contributed by atoms with Crippen molar-refractivity contribution in [2.45, 2.75) is 46.5 Å². The summed E-state index contributed by atoms with van der Waals surface area (Å²) in [6.45, 7) is 8.94. The summed E-state index contributed by atoms with van der Waals surface area (Å²) >= 11 is 0. The van der Waals surface area contributed by atoms with Crippen molar-refractivity contribution in [3.63, 3.8) is 0 Å². The van der Waals surface area contributed by atoms with E-state index in [2.05, 4.69) is 32.6 Å². The molecule has 114 valence electrons. The average Bonchev–Trinajstić information content (AvgIpc) is 2.37. The van der Waals surface area contributed by atoms with Crippen LogP contribution in [0.5, 0.6) is 5.75 Å². The zero-order valence-electron chi connectivity index (χ0n) is 13.3. The summed E-state index contributed by atoms with van der Waals surface area (Å²) in [4.78, 5) is 10.9. The third-order valence-corrected chi connectivity index (χ3v) is 3.10. The molecule has 0 bridgehead atoms. The molecule has 1 rings (SSSR count). The minimum Gasteiger partial charge on any atom is -0.494 e. The van der Waals surface area contributed by atoms with Gasteiger partial charge in [0.15, 0.2) is 0 Å². The van der Waals surface area contributed by atoms with Gasteiger partial charge in [-0.15, -0.1) is 5.92 Å². The van der Waals surface area contributed by atoms with Crippen molar-refractivity contribution in [3.05, 3.63) is 29.8 Å². The highest BCUT2D eigenvalue weighted by molar-refractivity contribution is 5.69. The van der Waals surface area contributed by atoms with E-state index in [9.17, 15) is 4.79 Å². The maximum absolute atomic E-state index is 10.9. The fourth-order valence-corrected chi connectivity index (χ4v) is 1.87. The first-order chi connectivity index (χ1) is 9.81. The molecule has 1 atom stereocenters. The zero-order chi connectivity index (χ0) is 15.9. The van der Waals surface area contributed by atoms with Gasteiger partial charge in [-0.2, -0.15) is 0 Å². The van der Waals surface area contributed by atoms with E-state index < -0.39 is 5.97 Å². The van der Waals surface area contributed by atoms with Gasteiger partial charge >= 0.3 is 5.97 Å². The molecule has 0 aliphatic rings. The second-order valence-corrected chi connectivity index (χ2v) is 6.27. The van der Waals surface area contributed by atoms with Gasteiger partial charge in [-0.1, -0.05) is 38.8 Å². The van der Waals surface area contributed by atoms with Crippen LogP contribution >= 0.6 is 0 Å². The van der Waals surface area contributed by atoms with Crippen molar-refractivity contribution in [1.29, 1.82) is 0 Å². The van der Waals surface area contributed by atoms with Crippen LogP contribution in [0.2, 0.25) is 0 Å². The van der Waals surface area contributed by atoms with Crippen molar-refractivity contribution in [2.75, 3.05) is 6.61 Å². The predicted octanol–water partition coefficient (Wildman–Crippen LogP) is 4.08. The Labute approximate surface area is 127 Å². The Balaban J connectivity index is 2.66. The summed E-state index contributed by atoms with van der Waals surface area (Å²) < 4.78 is 5.71. The lowest BCUT2D eigenvalue weighted by molar-refractivity contribution is -0.137. The molecular formula is C18H24O3. The highest BCUT2D eigenvalue weighted by Crippen LogP contribution is 2.23. The number of carboxylic acids is 1. The number of rotatable bonds is 6. The molecule has 1 aromatic rings. The Morgan fingerprint density at radius 1 is 1.29 bits per heavy atom. The fraction of sp³-hybridized carbons (Fsp3) is 0.500. The maximum Gasteiger partial charge on any atom is 0.304 e. The van der Waals surface area contributed by atoms with Crippen molar-refractivity contribution in [2.24, 2.45) is 5.41 Å². The lowest BCUT2D eigenvalue weighted by Crippen LogP contribution is -2.11. The topological polar surface area (TPSA) is 46.5 Å². The molecule has 0 aliphatic carbocycles. The van der Waals surface area contributed by atoms with Gasteiger partial charge in [-0.3, -0.25) is 4.79 Å². The second-order valence-electron chi connectivity index (χ2n) is 6.27. The van der Waals surface area contributed by atoms with E-state index in [1.807, 2.05) is 24.3 Å². The molecule has 0 radical (unpaired) electrons. The first-order valence-corrected chi connectivity index (χ1v) is 7.18. The van der Waals surface area contributed by atoms with Gasteiger partial charge in [0.1, 0.15) is 5.75 Å². The number of benzene rings is 1. The van der Waals surface area contributed by atoms with Crippen molar-refractivity contribution in [3.8, 4) is 17.6 Å². The Morgan fingerprint density at radius 3 is 2.38 bits per heavy atom. The number of ether oxygens (including phenoxy) is 1. The molecule has 0 fully saturated rings. The first kappa shape index (κ1) is 17.1. The molecular weight excluding hydrogens is 264 g/mol. The molecule has 0 aliphatic heterocycles. The molecule has 0 aromatic heterocycles. The quantitative estimate of drug-likeness (QED) is 0.802. The van der Waals surface area contributed by atoms with E-state index in [1.54, 1.807) is 6.92 Å². The Hall–Kier alpha value is -1.95. The SMILES string of the molecule is CC#CC(CC(=O)O)c1ccc(OCCC(C)(C)C)cc1. The Kier molecular flexibility index (Phi) is 6.30. The maximum atomic E-state index is 10.9. The van der Waals surface area contributed by atoms with Crippen LogP contribution in [-0.4, -0.2) is 17.7 Å². The summed E-state index contributed by atoms with van der Waals surface area (Å²) in [6, 6.07) is 7.54. The number of carboxylic acid groups (broad SMARTS) is 1. The standard InChI is InChI=1S/C18H24O3/c1-5-6-15(13-17(19)20)14-7-9-16(10-8-14)21-12-11-18(2,3)4/h7-10,15H,11-13H2,1-4H3,(H,19,20). The van der Waals surface area contributed by atoms with Gasteiger partial charge in [-0.25, -0.2) is 0 Å². The fourth-order valence-electron chi connectivity index (χ4n) is 1.87. The lowest BCUT2D eigenvalue weighted by atomic mass is 9.93. The molecule has 21 heavy (non-hydrogen) atoms. The molecule has 0 saturated carbocycles. The zero-order valence-corrected chi connectivity index (χ0v) is 13.3. The van der Waals surface area contributed by atoms with Crippen LogP contribution in [0.1, 0.15) is 52.0 Å². The van der Waals surface area contributed by atoms with E-state index in [1.165, 1.54) is 0 Å². The largest absolute Gasteiger partial charge is 0.494 e. The van der Waals surface area contributed by atoms with E-state index in [4.69, 9.17) is 9.84 Å². The number of hydrogen-bond acceptors (Lipinski definition) is 2. The monoisotopic (exact) mass is 288 g/mol. The summed E-state index contributed by atoms with van der Waals surface area (Å²) in [7, 11) is 0. The van der Waals surface area contributed by atoms with E-state index in [0.717, 1.165) is 17.7 Å². The minimum atomic E-state index is -0.840. The Bertz CT molecular complexity index is 512. The molecule has 1 aromatic carbocycles. The Morgan fingerprint density at radius 2 is 1.90 bits per heavy atom. The summed E-state index contributed by atoms with van der Waals surface area (Å²) in [5, 5.41) is 8.93. The number of hydrogen-bond donors (Lipinski definition) is 1. The lowest BCUT2D eigenvalue weighted by Gasteiger charge is -2.18. The molecule has 1 unspecified atom stereocenters. The second kappa shape index (κ2) is 7.73. The smallest absolute Gasteiger partial charge is 0.304 e.